The number of hydrogen-bond donors (Lipinski definition) is 3. The highest BCUT2D eigenvalue weighted by Gasteiger charge is 2.25. The molecule has 0 unspecified atom stereocenters. The highest BCUT2D eigenvalue weighted by Crippen LogP contribution is 2.28. The SMILES string of the molecule is Cc1nc(-c2ccccc2)sc1C(=O)N[C@H](Cc1c[nH]c2ccccc12)C(=O)O. The fourth-order valence-electron chi connectivity index (χ4n) is 3.26. The molecule has 0 saturated heterocycles. The van der Waals surface area contributed by atoms with Gasteiger partial charge in [-0.15, -0.1) is 11.3 Å². The van der Waals surface area contributed by atoms with Crippen LogP contribution in [0.25, 0.3) is 21.5 Å². The predicted molar refractivity (Wildman–Crippen MR) is 113 cm³/mol. The number of aromatic amines is 1. The summed E-state index contributed by atoms with van der Waals surface area (Å²) in [5, 5.41) is 14.0. The second kappa shape index (κ2) is 7.89. The molecule has 6 nitrogen and oxygen atoms in total. The van der Waals surface area contributed by atoms with Crippen molar-refractivity contribution in [3.05, 3.63) is 76.9 Å². The summed E-state index contributed by atoms with van der Waals surface area (Å²) in [6.45, 7) is 1.76. The number of thiazole rings is 1. The number of nitrogens with one attached hydrogen (secondary N) is 2. The average molecular weight is 405 g/mol. The second-order valence-electron chi connectivity index (χ2n) is 6.73. The summed E-state index contributed by atoms with van der Waals surface area (Å²) in [6, 6.07) is 16.2. The number of rotatable bonds is 6. The molecule has 0 saturated carbocycles. The second-order valence-corrected chi connectivity index (χ2v) is 7.73. The van der Waals surface area contributed by atoms with Gasteiger partial charge in [0.05, 0.1) is 5.69 Å². The van der Waals surface area contributed by atoms with Gasteiger partial charge >= 0.3 is 5.97 Å². The Morgan fingerprint density at radius 1 is 1.14 bits per heavy atom. The van der Waals surface area contributed by atoms with E-state index in [-0.39, 0.29) is 6.42 Å². The average Bonchev–Trinajstić information content (AvgIpc) is 3.32. The summed E-state index contributed by atoms with van der Waals surface area (Å²) < 4.78 is 0. The summed E-state index contributed by atoms with van der Waals surface area (Å²) in [4.78, 5) is 32.6. The van der Waals surface area contributed by atoms with E-state index in [2.05, 4.69) is 15.3 Å². The lowest BCUT2D eigenvalue weighted by Gasteiger charge is -2.13. The van der Waals surface area contributed by atoms with Gasteiger partial charge in [0.15, 0.2) is 0 Å². The van der Waals surface area contributed by atoms with Gasteiger partial charge in [-0.05, 0) is 18.6 Å². The van der Waals surface area contributed by atoms with E-state index < -0.39 is 17.9 Å². The van der Waals surface area contributed by atoms with E-state index in [1.165, 1.54) is 11.3 Å². The van der Waals surface area contributed by atoms with E-state index in [0.717, 1.165) is 27.0 Å². The largest absolute Gasteiger partial charge is 0.480 e. The Bertz CT molecular complexity index is 1180. The molecular weight excluding hydrogens is 386 g/mol. The van der Waals surface area contributed by atoms with Crippen molar-refractivity contribution < 1.29 is 14.7 Å². The van der Waals surface area contributed by atoms with Gasteiger partial charge in [-0.3, -0.25) is 4.79 Å². The van der Waals surface area contributed by atoms with Crippen LogP contribution in [0.4, 0.5) is 0 Å². The van der Waals surface area contributed by atoms with Crippen molar-refractivity contribution >= 4 is 34.1 Å². The topological polar surface area (TPSA) is 95.1 Å². The molecule has 2 heterocycles. The number of carboxylic acids is 1. The minimum absolute atomic E-state index is 0.189. The van der Waals surface area contributed by atoms with Crippen molar-refractivity contribution in [2.45, 2.75) is 19.4 Å². The van der Waals surface area contributed by atoms with Gasteiger partial charge < -0.3 is 15.4 Å². The highest BCUT2D eigenvalue weighted by atomic mass is 32.1. The molecule has 146 valence electrons. The first-order chi connectivity index (χ1) is 14.0. The summed E-state index contributed by atoms with van der Waals surface area (Å²) in [5.74, 6) is -1.50. The molecule has 0 aliphatic rings. The number of carboxylic acid groups (broad SMARTS) is 1. The van der Waals surface area contributed by atoms with Crippen LogP contribution < -0.4 is 5.32 Å². The number of para-hydroxylation sites is 1. The standard InChI is InChI=1S/C22H19N3O3S/c1-13-19(29-21(24-13)14-7-3-2-4-8-14)20(26)25-18(22(27)28)11-15-12-23-17-10-6-5-9-16(15)17/h2-10,12,18,23H,11H2,1H3,(H,25,26)(H,27,28)/t18-/m1/s1. The first-order valence-corrected chi connectivity index (χ1v) is 9.96. The van der Waals surface area contributed by atoms with Crippen LogP contribution in [0.5, 0.6) is 0 Å². The number of aliphatic carboxylic acids is 1. The monoisotopic (exact) mass is 405 g/mol. The fourth-order valence-corrected chi connectivity index (χ4v) is 4.23. The molecule has 4 aromatic rings. The van der Waals surface area contributed by atoms with Gasteiger partial charge in [0.25, 0.3) is 5.91 Å². The van der Waals surface area contributed by atoms with E-state index in [0.29, 0.717) is 10.6 Å². The number of fused-ring (bicyclic) bond motifs is 1. The van der Waals surface area contributed by atoms with Crippen LogP contribution in [-0.4, -0.2) is 33.0 Å². The van der Waals surface area contributed by atoms with Gasteiger partial charge in [-0.25, -0.2) is 9.78 Å². The van der Waals surface area contributed by atoms with Crippen LogP contribution >= 0.6 is 11.3 Å². The van der Waals surface area contributed by atoms with Crippen LogP contribution in [-0.2, 0) is 11.2 Å². The molecule has 2 aromatic heterocycles. The molecule has 0 bridgehead atoms. The maximum Gasteiger partial charge on any atom is 0.326 e. The van der Waals surface area contributed by atoms with E-state index >= 15 is 0 Å². The molecule has 0 aliphatic heterocycles. The number of H-pyrrole nitrogens is 1. The van der Waals surface area contributed by atoms with Crippen molar-refractivity contribution in [3.63, 3.8) is 0 Å². The number of benzene rings is 2. The first-order valence-electron chi connectivity index (χ1n) is 9.14. The lowest BCUT2D eigenvalue weighted by Crippen LogP contribution is -2.42. The minimum Gasteiger partial charge on any atom is -0.480 e. The number of aromatic nitrogens is 2. The normalized spacial score (nSPS) is 12.0. The Labute approximate surface area is 171 Å². The number of carbonyl (C=O) groups excluding carboxylic acids is 1. The van der Waals surface area contributed by atoms with Crippen LogP contribution in [0, 0.1) is 6.92 Å². The third-order valence-electron chi connectivity index (χ3n) is 4.73. The van der Waals surface area contributed by atoms with Gasteiger partial charge in [0.2, 0.25) is 0 Å². The molecule has 7 heteroatoms. The lowest BCUT2D eigenvalue weighted by molar-refractivity contribution is -0.139. The maximum atomic E-state index is 12.8. The highest BCUT2D eigenvalue weighted by molar-refractivity contribution is 7.17. The van der Waals surface area contributed by atoms with E-state index in [4.69, 9.17) is 0 Å². The summed E-state index contributed by atoms with van der Waals surface area (Å²) in [7, 11) is 0. The zero-order chi connectivity index (χ0) is 20.4. The molecule has 2 aromatic carbocycles. The number of hydrogen-bond acceptors (Lipinski definition) is 4. The Morgan fingerprint density at radius 2 is 1.86 bits per heavy atom. The Balaban J connectivity index is 1.55. The molecule has 1 atom stereocenters. The van der Waals surface area contributed by atoms with Crippen LogP contribution in [0.2, 0.25) is 0 Å². The van der Waals surface area contributed by atoms with Crippen molar-refractivity contribution in [1.29, 1.82) is 0 Å². The van der Waals surface area contributed by atoms with Gasteiger partial charge in [-0.1, -0.05) is 48.5 Å². The van der Waals surface area contributed by atoms with Crippen LogP contribution in [0.15, 0.2) is 60.8 Å². The quantitative estimate of drug-likeness (QED) is 0.451. The molecule has 1 amide bonds. The molecule has 4 rings (SSSR count). The zero-order valence-electron chi connectivity index (χ0n) is 15.7. The molecule has 0 aliphatic carbocycles. The van der Waals surface area contributed by atoms with Crippen LogP contribution in [0.3, 0.4) is 0 Å². The molecule has 0 spiro atoms. The minimum atomic E-state index is -1.07. The van der Waals surface area contributed by atoms with E-state index in [1.54, 1.807) is 13.1 Å². The number of nitrogens with zero attached hydrogens (tertiary/aromatic N) is 1. The summed E-state index contributed by atoms with van der Waals surface area (Å²) in [6.07, 6.45) is 1.98. The Morgan fingerprint density at radius 3 is 2.62 bits per heavy atom. The molecule has 3 N–H and O–H groups in total. The summed E-state index contributed by atoms with van der Waals surface area (Å²) in [5.41, 5.74) is 3.29. The molecule has 29 heavy (non-hydrogen) atoms. The first kappa shape index (κ1) is 18.9. The van der Waals surface area contributed by atoms with Crippen molar-refractivity contribution in [3.8, 4) is 10.6 Å². The number of amides is 1. The number of aryl methyl sites for hydroxylation is 1. The van der Waals surface area contributed by atoms with Gasteiger partial charge in [0.1, 0.15) is 15.9 Å². The molecular formula is C22H19N3O3S. The maximum absolute atomic E-state index is 12.8. The van der Waals surface area contributed by atoms with Crippen molar-refractivity contribution in [2.24, 2.45) is 0 Å². The van der Waals surface area contributed by atoms with Gasteiger partial charge in [-0.2, -0.15) is 0 Å². The summed E-state index contributed by atoms with van der Waals surface area (Å²) >= 11 is 1.26. The van der Waals surface area contributed by atoms with E-state index in [1.807, 2.05) is 54.6 Å². The fraction of sp³-hybridized carbons (Fsp3) is 0.136. The predicted octanol–water partition coefficient (Wildman–Crippen LogP) is 4.03. The molecule has 0 radical (unpaired) electrons. The smallest absolute Gasteiger partial charge is 0.326 e. The third-order valence-corrected chi connectivity index (χ3v) is 5.93. The van der Waals surface area contributed by atoms with Gasteiger partial charge in [0, 0.05) is 29.1 Å². The third kappa shape index (κ3) is 3.90. The lowest BCUT2D eigenvalue weighted by atomic mass is 10.0. The zero-order valence-corrected chi connectivity index (χ0v) is 16.5. The van der Waals surface area contributed by atoms with E-state index in [9.17, 15) is 14.7 Å². The van der Waals surface area contributed by atoms with Crippen LogP contribution in [0.1, 0.15) is 20.9 Å². The van der Waals surface area contributed by atoms with Crippen molar-refractivity contribution in [2.75, 3.05) is 0 Å². The number of carbonyl (C=O) groups is 2. The Kier molecular flexibility index (Phi) is 5.14. The van der Waals surface area contributed by atoms with Crippen molar-refractivity contribution in [1.82, 2.24) is 15.3 Å². The Hall–Kier alpha value is -3.45. The molecule has 0 fully saturated rings.